The summed E-state index contributed by atoms with van der Waals surface area (Å²) >= 11 is 0. The molecule has 0 fully saturated rings. The highest BCUT2D eigenvalue weighted by molar-refractivity contribution is 5.96. The first-order chi connectivity index (χ1) is 6.74. The van der Waals surface area contributed by atoms with E-state index in [1.807, 2.05) is 43.3 Å². The quantitative estimate of drug-likeness (QED) is 0.521. The van der Waals surface area contributed by atoms with E-state index < -0.39 is 0 Å². The van der Waals surface area contributed by atoms with Gasteiger partial charge >= 0.3 is 0 Å². The van der Waals surface area contributed by atoms with Crippen molar-refractivity contribution in [3.63, 3.8) is 0 Å². The zero-order valence-electron chi connectivity index (χ0n) is 8.79. The van der Waals surface area contributed by atoms with E-state index in [4.69, 9.17) is 0 Å². The SMILES string of the molecule is CC/C=C/CC(=O)c1ccc(C)cc1. The van der Waals surface area contributed by atoms with E-state index in [1.165, 1.54) is 5.56 Å². The second-order valence-corrected chi connectivity index (χ2v) is 3.37. The third-order valence-electron chi connectivity index (χ3n) is 2.08. The molecule has 0 N–H and O–H groups in total. The van der Waals surface area contributed by atoms with E-state index >= 15 is 0 Å². The lowest BCUT2D eigenvalue weighted by Crippen LogP contribution is -1.96. The van der Waals surface area contributed by atoms with Crippen molar-refractivity contribution in [1.82, 2.24) is 0 Å². The standard InChI is InChI=1S/C13H16O/c1-3-4-5-6-13(14)12-9-7-11(2)8-10-12/h4-5,7-10H,3,6H2,1-2H3/b5-4+. The minimum Gasteiger partial charge on any atom is -0.294 e. The molecule has 1 aromatic rings. The zero-order chi connectivity index (χ0) is 10.4. The van der Waals surface area contributed by atoms with Crippen LogP contribution in [0.15, 0.2) is 36.4 Å². The molecule has 0 amide bonds. The largest absolute Gasteiger partial charge is 0.294 e. The zero-order valence-corrected chi connectivity index (χ0v) is 8.79. The highest BCUT2D eigenvalue weighted by atomic mass is 16.1. The number of allylic oxidation sites excluding steroid dienone is 2. The highest BCUT2D eigenvalue weighted by Gasteiger charge is 2.01. The van der Waals surface area contributed by atoms with Crippen molar-refractivity contribution in [2.24, 2.45) is 0 Å². The van der Waals surface area contributed by atoms with E-state index in [9.17, 15) is 4.79 Å². The van der Waals surface area contributed by atoms with Gasteiger partial charge in [0.25, 0.3) is 0 Å². The summed E-state index contributed by atoms with van der Waals surface area (Å²) in [7, 11) is 0. The lowest BCUT2D eigenvalue weighted by atomic mass is 10.1. The van der Waals surface area contributed by atoms with Crippen LogP contribution in [0.4, 0.5) is 0 Å². The average molecular weight is 188 g/mol. The van der Waals surface area contributed by atoms with E-state index in [0.717, 1.165) is 12.0 Å². The van der Waals surface area contributed by atoms with Crippen LogP contribution < -0.4 is 0 Å². The van der Waals surface area contributed by atoms with E-state index in [0.29, 0.717) is 6.42 Å². The maximum atomic E-state index is 11.6. The molecule has 0 radical (unpaired) electrons. The van der Waals surface area contributed by atoms with Crippen molar-refractivity contribution in [1.29, 1.82) is 0 Å². The fourth-order valence-electron chi connectivity index (χ4n) is 1.21. The highest BCUT2D eigenvalue weighted by Crippen LogP contribution is 2.06. The Morgan fingerprint density at radius 3 is 2.43 bits per heavy atom. The summed E-state index contributed by atoms with van der Waals surface area (Å²) < 4.78 is 0. The normalized spacial score (nSPS) is 10.7. The maximum absolute atomic E-state index is 11.6. The minimum absolute atomic E-state index is 0.190. The van der Waals surface area contributed by atoms with Crippen molar-refractivity contribution >= 4 is 5.78 Å². The molecule has 0 aliphatic heterocycles. The van der Waals surface area contributed by atoms with Gasteiger partial charge in [0.15, 0.2) is 5.78 Å². The van der Waals surface area contributed by atoms with Crippen molar-refractivity contribution in [2.75, 3.05) is 0 Å². The fourth-order valence-corrected chi connectivity index (χ4v) is 1.21. The number of hydrogen-bond acceptors (Lipinski definition) is 1. The van der Waals surface area contributed by atoms with Gasteiger partial charge in [-0.3, -0.25) is 4.79 Å². The van der Waals surface area contributed by atoms with Gasteiger partial charge in [-0.1, -0.05) is 48.9 Å². The summed E-state index contributed by atoms with van der Waals surface area (Å²) in [4.78, 5) is 11.6. The lowest BCUT2D eigenvalue weighted by molar-refractivity contribution is 0.0996. The van der Waals surface area contributed by atoms with Crippen molar-refractivity contribution in [2.45, 2.75) is 26.7 Å². The van der Waals surface area contributed by atoms with Crippen LogP contribution in [0.5, 0.6) is 0 Å². The monoisotopic (exact) mass is 188 g/mol. The van der Waals surface area contributed by atoms with Gasteiger partial charge in [0.05, 0.1) is 0 Å². The molecular formula is C13H16O. The Bertz CT molecular complexity index is 320. The molecule has 0 spiro atoms. The van der Waals surface area contributed by atoms with Crippen LogP contribution in [-0.4, -0.2) is 5.78 Å². The maximum Gasteiger partial charge on any atom is 0.166 e. The van der Waals surface area contributed by atoms with Gasteiger partial charge in [0, 0.05) is 12.0 Å². The Balaban J connectivity index is 2.61. The van der Waals surface area contributed by atoms with Gasteiger partial charge in [0.1, 0.15) is 0 Å². The number of ketones is 1. The number of rotatable bonds is 4. The van der Waals surface area contributed by atoms with Crippen LogP contribution in [0.25, 0.3) is 0 Å². The summed E-state index contributed by atoms with van der Waals surface area (Å²) in [6.07, 6.45) is 5.45. The van der Waals surface area contributed by atoms with Crippen LogP contribution >= 0.6 is 0 Å². The molecule has 1 heteroatoms. The summed E-state index contributed by atoms with van der Waals surface area (Å²) in [5.41, 5.74) is 1.99. The van der Waals surface area contributed by atoms with E-state index in [-0.39, 0.29) is 5.78 Å². The summed E-state index contributed by atoms with van der Waals surface area (Å²) in [5.74, 6) is 0.190. The van der Waals surface area contributed by atoms with E-state index in [1.54, 1.807) is 0 Å². The molecule has 1 aromatic carbocycles. The van der Waals surface area contributed by atoms with Gasteiger partial charge in [-0.05, 0) is 13.3 Å². The molecule has 0 unspecified atom stereocenters. The molecule has 0 atom stereocenters. The molecule has 0 bridgehead atoms. The average Bonchev–Trinajstić information content (AvgIpc) is 2.19. The first kappa shape index (κ1) is 10.7. The van der Waals surface area contributed by atoms with Gasteiger partial charge in [-0.2, -0.15) is 0 Å². The summed E-state index contributed by atoms with van der Waals surface area (Å²) in [5, 5.41) is 0. The molecule has 0 saturated heterocycles. The molecular weight excluding hydrogens is 172 g/mol. The Morgan fingerprint density at radius 2 is 1.86 bits per heavy atom. The predicted molar refractivity (Wildman–Crippen MR) is 59.6 cm³/mol. The van der Waals surface area contributed by atoms with Crippen LogP contribution in [-0.2, 0) is 0 Å². The predicted octanol–water partition coefficient (Wildman–Crippen LogP) is 3.53. The van der Waals surface area contributed by atoms with Crippen LogP contribution in [0.2, 0.25) is 0 Å². The molecule has 0 heterocycles. The van der Waals surface area contributed by atoms with Gasteiger partial charge in [-0.25, -0.2) is 0 Å². The first-order valence-electron chi connectivity index (χ1n) is 4.99. The second-order valence-electron chi connectivity index (χ2n) is 3.37. The van der Waals surface area contributed by atoms with Gasteiger partial charge < -0.3 is 0 Å². The summed E-state index contributed by atoms with van der Waals surface area (Å²) in [6.45, 7) is 4.08. The molecule has 0 aromatic heterocycles. The molecule has 1 rings (SSSR count). The van der Waals surface area contributed by atoms with Gasteiger partial charge in [-0.15, -0.1) is 0 Å². The fraction of sp³-hybridized carbons (Fsp3) is 0.308. The number of benzene rings is 1. The number of Topliss-reactive ketones (excluding diaryl/α,β-unsaturated/α-hetero) is 1. The van der Waals surface area contributed by atoms with Crippen LogP contribution in [0, 0.1) is 6.92 Å². The number of carbonyl (C=O) groups excluding carboxylic acids is 1. The molecule has 0 saturated carbocycles. The van der Waals surface area contributed by atoms with Crippen LogP contribution in [0.1, 0.15) is 35.7 Å². The number of aryl methyl sites for hydroxylation is 1. The van der Waals surface area contributed by atoms with Crippen molar-refractivity contribution in [3.05, 3.63) is 47.5 Å². The first-order valence-corrected chi connectivity index (χ1v) is 4.99. The Morgan fingerprint density at radius 1 is 1.21 bits per heavy atom. The minimum atomic E-state index is 0.190. The topological polar surface area (TPSA) is 17.1 Å². The molecule has 14 heavy (non-hydrogen) atoms. The third-order valence-corrected chi connectivity index (χ3v) is 2.08. The third kappa shape index (κ3) is 3.17. The summed E-state index contributed by atoms with van der Waals surface area (Å²) in [6, 6.07) is 7.71. The molecule has 0 aliphatic carbocycles. The van der Waals surface area contributed by atoms with Crippen LogP contribution in [0.3, 0.4) is 0 Å². The smallest absolute Gasteiger partial charge is 0.166 e. The van der Waals surface area contributed by atoms with Crippen molar-refractivity contribution in [3.8, 4) is 0 Å². The second kappa shape index (κ2) is 5.38. The molecule has 1 nitrogen and oxygen atoms in total. The Hall–Kier alpha value is -1.37. The molecule has 74 valence electrons. The number of carbonyl (C=O) groups is 1. The van der Waals surface area contributed by atoms with E-state index in [2.05, 4.69) is 6.92 Å². The Labute approximate surface area is 85.5 Å². The molecule has 0 aliphatic rings. The number of hydrogen-bond donors (Lipinski definition) is 0. The lowest BCUT2D eigenvalue weighted by Gasteiger charge is -1.97. The van der Waals surface area contributed by atoms with Gasteiger partial charge in [0.2, 0.25) is 0 Å². The Kier molecular flexibility index (Phi) is 4.11. The van der Waals surface area contributed by atoms with Crippen molar-refractivity contribution < 1.29 is 4.79 Å².